The third-order valence-corrected chi connectivity index (χ3v) is 4.60. The van der Waals surface area contributed by atoms with Gasteiger partial charge in [0.2, 0.25) is 0 Å². The van der Waals surface area contributed by atoms with Gasteiger partial charge in [0.05, 0.1) is 0 Å². The highest BCUT2D eigenvalue weighted by atomic mass is 15.3. The van der Waals surface area contributed by atoms with E-state index >= 15 is 0 Å². The first kappa shape index (κ1) is 15.0. The first-order chi connectivity index (χ1) is 10.7. The van der Waals surface area contributed by atoms with E-state index in [0.29, 0.717) is 6.04 Å². The van der Waals surface area contributed by atoms with Gasteiger partial charge in [-0.25, -0.2) is 0 Å². The molecule has 0 unspecified atom stereocenters. The van der Waals surface area contributed by atoms with Crippen LogP contribution in [-0.2, 0) is 6.54 Å². The molecule has 0 saturated carbocycles. The van der Waals surface area contributed by atoms with Crippen molar-refractivity contribution in [1.29, 1.82) is 0 Å². The van der Waals surface area contributed by atoms with Gasteiger partial charge in [-0.1, -0.05) is 18.2 Å². The number of hydrogen-bond donors (Lipinski definition) is 1. The number of aromatic nitrogens is 2. The van der Waals surface area contributed by atoms with E-state index in [1.807, 2.05) is 12.1 Å². The minimum Gasteiger partial charge on any atom is -0.354 e. The van der Waals surface area contributed by atoms with Gasteiger partial charge in [0.25, 0.3) is 0 Å². The van der Waals surface area contributed by atoms with Crippen LogP contribution in [0.25, 0.3) is 0 Å². The summed E-state index contributed by atoms with van der Waals surface area (Å²) in [5.41, 5.74) is 4.16. The Bertz CT molecular complexity index is 612. The summed E-state index contributed by atoms with van der Waals surface area (Å²) in [7, 11) is 0. The zero-order chi connectivity index (χ0) is 15.4. The fraction of sp³-hybridized carbons (Fsp3) is 0.444. The molecular formula is C18H24N4. The fourth-order valence-electron chi connectivity index (χ4n) is 3.07. The predicted octanol–water partition coefficient (Wildman–Crippen LogP) is 2.85. The molecule has 1 aromatic carbocycles. The molecule has 1 fully saturated rings. The van der Waals surface area contributed by atoms with Crippen molar-refractivity contribution < 1.29 is 0 Å². The molecule has 116 valence electrons. The van der Waals surface area contributed by atoms with Gasteiger partial charge in [0.15, 0.2) is 5.82 Å². The smallest absolute Gasteiger partial charge is 0.151 e. The zero-order valence-corrected chi connectivity index (χ0v) is 13.4. The summed E-state index contributed by atoms with van der Waals surface area (Å²) in [4.78, 5) is 2.33. The standard InChI is InChI=1S/C18H24N4/c1-14-6-3-7-16(15(14)2)12-19-17-8-5-11-22(13-17)18-9-4-10-20-21-18/h3-4,6-7,9-10,17,19H,5,8,11-13H2,1-2H3/t17-/m0/s1. The van der Waals surface area contributed by atoms with Gasteiger partial charge in [-0.05, 0) is 55.5 Å². The lowest BCUT2D eigenvalue weighted by Crippen LogP contribution is -2.45. The van der Waals surface area contributed by atoms with Gasteiger partial charge in [-0.15, -0.1) is 5.10 Å². The van der Waals surface area contributed by atoms with Crippen LogP contribution in [0.4, 0.5) is 5.82 Å². The van der Waals surface area contributed by atoms with Crippen molar-refractivity contribution in [3.8, 4) is 0 Å². The molecule has 0 bridgehead atoms. The molecule has 4 nitrogen and oxygen atoms in total. The lowest BCUT2D eigenvalue weighted by molar-refractivity contribution is 0.419. The van der Waals surface area contributed by atoms with Crippen LogP contribution in [0.15, 0.2) is 36.5 Å². The van der Waals surface area contributed by atoms with Crippen molar-refractivity contribution in [2.45, 2.75) is 39.3 Å². The van der Waals surface area contributed by atoms with Gasteiger partial charge in [0.1, 0.15) is 0 Å². The normalized spacial score (nSPS) is 18.5. The van der Waals surface area contributed by atoms with Crippen molar-refractivity contribution >= 4 is 5.82 Å². The molecule has 1 aromatic heterocycles. The van der Waals surface area contributed by atoms with Crippen molar-refractivity contribution in [1.82, 2.24) is 15.5 Å². The molecule has 0 aliphatic carbocycles. The Balaban J connectivity index is 1.60. The molecule has 0 spiro atoms. The Morgan fingerprint density at radius 2 is 2.14 bits per heavy atom. The molecule has 1 aliphatic heterocycles. The van der Waals surface area contributed by atoms with Crippen molar-refractivity contribution in [2.24, 2.45) is 0 Å². The fourth-order valence-corrected chi connectivity index (χ4v) is 3.07. The second-order valence-corrected chi connectivity index (χ2v) is 6.11. The number of nitrogens with zero attached hydrogens (tertiary/aromatic N) is 3. The topological polar surface area (TPSA) is 41.0 Å². The average molecular weight is 296 g/mol. The SMILES string of the molecule is Cc1cccc(CN[C@H]2CCCN(c3cccnn3)C2)c1C. The van der Waals surface area contributed by atoms with E-state index in [1.165, 1.54) is 29.5 Å². The van der Waals surface area contributed by atoms with E-state index in [9.17, 15) is 0 Å². The molecule has 4 heteroatoms. The summed E-state index contributed by atoms with van der Waals surface area (Å²) in [5, 5.41) is 11.9. The maximum absolute atomic E-state index is 4.23. The van der Waals surface area contributed by atoms with Crippen LogP contribution in [0.2, 0.25) is 0 Å². The quantitative estimate of drug-likeness (QED) is 0.942. The molecule has 1 N–H and O–H groups in total. The summed E-state index contributed by atoms with van der Waals surface area (Å²) < 4.78 is 0. The number of anilines is 1. The largest absolute Gasteiger partial charge is 0.354 e. The number of rotatable bonds is 4. The molecule has 1 saturated heterocycles. The van der Waals surface area contributed by atoms with Crippen molar-refractivity contribution in [2.75, 3.05) is 18.0 Å². The highest BCUT2D eigenvalue weighted by molar-refractivity contribution is 5.37. The van der Waals surface area contributed by atoms with E-state index in [4.69, 9.17) is 0 Å². The van der Waals surface area contributed by atoms with Gasteiger partial charge in [0, 0.05) is 31.9 Å². The van der Waals surface area contributed by atoms with Gasteiger partial charge in [-0.2, -0.15) is 5.10 Å². The Labute approximate surface area is 132 Å². The molecule has 0 amide bonds. The highest BCUT2D eigenvalue weighted by Gasteiger charge is 2.20. The average Bonchev–Trinajstić information content (AvgIpc) is 2.57. The molecule has 2 aromatic rings. The van der Waals surface area contributed by atoms with Gasteiger partial charge >= 0.3 is 0 Å². The van der Waals surface area contributed by atoms with Crippen LogP contribution >= 0.6 is 0 Å². The summed E-state index contributed by atoms with van der Waals surface area (Å²) in [6, 6.07) is 11.0. The number of nitrogens with one attached hydrogen (secondary N) is 1. The zero-order valence-electron chi connectivity index (χ0n) is 13.4. The molecule has 3 rings (SSSR count). The molecule has 0 radical (unpaired) electrons. The Morgan fingerprint density at radius 3 is 2.95 bits per heavy atom. The van der Waals surface area contributed by atoms with Gasteiger partial charge in [-0.3, -0.25) is 0 Å². The van der Waals surface area contributed by atoms with E-state index in [2.05, 4.69) is 52.5 Å². The first-order valence-corrected chi connectivity index (χ1v) is 8.05. The maximum atomic E-state index is 4.23. The van der Waals surface area contributed by atoms with Crippen LogP contribution in [0.5, 0.6) is 0 Å². The van der Waals surface area contributed by atoms with E-state index in [1.54, 1.807) is 6.20 Å². The monoisotopic (exact) mass is 296 g/mol. The first-order valence-electron chi connectivity index (χ1n) is 8.05. The molecular weight excluding hydrogens is 272 g/mol. The van der Waals surface area contributed by atoms with Crippen molar-refractivity contribution in [3.05, 3.63) is 53.2 Å². The minimum absolute atomic E-state index is 0.510. The maximum Gasteiger partial charge on any atom is 0.151 e. The Kier molecular flexibility index (Phi) is 4.68. The van der Waals surface area contributed by atoms with E-state index < -0.39 is 0 Å². The van der Waals surface area contributed by atoms with E-state index in [0.717, 1.165) is 25.5 Å². The number of benzene rings is 1. The van der Waals surface area contributed by atoms with Crippen LogP contribution in [0.3, 0.4) is 0 Å². The van der Waals surface area contributed by atoms with Crippen LogP contribution in [0.1, 0.15) is 29.5 Å². The third kappa shape index (κ3) is 3.45. The second-order valence-electron chi connectivity index (χ2n) is 6.11. The minimum atomic E-state index is 0.510. The summed E-state index contributed by atoms with van der Waals surface area (Å²) in [5.74, 6) is 0.987. The molecule has 22 heavy (non-hydrogen) atoms. The lowest BCUT2D eigenvalue weighted by Gasteiger charge is -2.34. The Morgan fingerprint density at radius 1 is 1.23 bits per heavy atom. The van der Waals surface area contributed by atoms with Crippen LogP contribution in [0, 0.1) is 13.8 Å². The van der Waals surface area contributed by atoms with Crippen LogP contribution < -0.4 is 10.2 Å². The van der Waals surface area contributed by atoms with E-state index in [-0.39, 0.29) is 0 Å². The number of hydrogen-bond acceptors (Lipinski definition) is 4. The van der Waals surface area contributed by atoms with Crippen LogP contribution in [-0.4, -0.2) is 29.3 Å². The Hall–Kier alpha value is -1.94. The highest BCUT2D eigenvalue weighted by Crippen LogP contribution is 2.18. The predicted molar refractivity (Wildman–Crippen MR) is 90.0 cm³/mol. The lowest BCUT2D eigenvalue weighted by atomic mass is 10.0. The van der Waals surface area contributed by atoms with Crippen molar-refractivity contribution in [3.63, 3.8) is 0 Å². The third-order valence-electron chi connectivity index (χ3n) is 4.60. The molecule has 1 atom stereocenters. The second kappa shape index (κ2) is 6.88. The number of piperidine rings is 1. The number of aryl methyl sites for hydroxylation is 1. The summed E-state index contributed by atoms with van der Waals surface area (Å²) >= 11 is 0. The molecule has 1 aliphatic rings. The summed E-state index contributed by atoms with van der Waals surface area (Å²) in [6.45, 7) is 7.39. The van der Waals surface area contributed by atoms with Gasteiger partial charge < -0.3 is 10.2 Å². The summed E-state index contributed by atoms with van der Waals surface area (Å²) in [6.07, 6.45) is 4.15. The molecule has 2 heterocycles.